The Bertz CT molecular complexity index is 871. The van der Waals surface area contributed by atoms with Gasteiger partial charge in [0.25, 0.3) is 0 Å². The van der Waals surface area contributed by atoms with Crippen molar-refractivity contribution in [2.24, 2.45) is 28.1 Å². The average molecular weight is 496 g/mol. The Morgan fingerprint density at radius 3 is 2.34 bits per heavy atom. The highest BCUT2D eigenvalue weighted by molar-refractivity contribution is 5.94. The molecule has 5 atom stereocenters. The first-order chi connectivity index (χ1) is 16.5. The van der Waals surface area contributed by atoms with Gasteiger partial charge in [-0.15, -0.1) is 0 Å². The summed E-state index contributed by atoms with van der Waals surface area (Å²) in [5.41, 5.74) is 17.3. The molecule has 14 nitrogen and oxygen atoms in total. The molecule has 0 aliphatic rings. The predicted octanol–water partition coefficient (Wildman–Crippen LogP) is -2.06. The Kier molecular flexibility index (Phi) is 12.2. The molecule has 11 N–H and O–H groups in total. The number of aromatic amines is 1. The minimum atomic E-state index is -1.20. The van der Waals surface area contributed by atoms with Gasteiger partial charge in [0.05, 0.1) is 12.4 Å². The first kappa shape index (κ1) is 29.4. The Morgan fingerprint density at radius 1 is 1.11 bits per heavy atom. The van der Waals surface area contributed by atoms with Crippen LogP contribution in [0.2, 0.25) is 0 Å². The zero-order valence-electron chi connectivity index (χ0n) is 20.3. The molecule has 0 saturated heterocycles. The number of nitrogens with two attached hydrogens (primary N) is 3. The minimum Gasteiger partial charge on any atom is -0.480 e. The molecule has 1 aromatic rings. The zero-order chi connectivity index (χ0) is 26.5. The first-order valence-corrected chi connectivity index (χ1v) is 11.4. The van der Waals surface area contributed by atoms with Crippen molar-refractivity contribution in [3.8, 4) is 0 Å². The van der Waals surface area contributed by atoms with Gasteiger partial charge in [-0.1, -0.05) is 20.3 Å². The van der Waals surface area contributed by atoms with E-state index >= 15 is 0 Å². The third kappa shape index (κ3) is 10.4. The zero-order valence-corrected chi connectivity index (χ0v) is 20.3. The van der Waals surface area contributed by atoms with Crippen LogP contribution in [-0.2, 0) is 25.6 Å². The smallest absolute Gasteiger partial charge is 0.325 e. The number of carboxylic acids is 1. The summed E-state index contributed by atoms with van der Waals surface area (Å²) in [6, 6.07) is -4.12. The molecule has 0 aliphatic heterocycles. The monoisotopic (exact) mass is 495 g/mol. The standard InChI is InChI=1S/C21H37N9O5/c1-4-11(2)16(19(33)28-12(3)20(34)35)30-18(32)15(6-5-7-26-21(23)24)29-17(31)14(22)8-13-9-25-10-27-13/h9-12,14-16H,4-8,22H2,1-3H3,(H,25,27)(H,28,33)(H,29,31)(H,30,32)(H,34,35)(H4,23,24,26). The van der Waals surface area contributed by atoms with Crippen LogP contribution in [0.25, 0.3) is 0 Å². The Balaban J connectivity index is 2.96. The molecule has 0 bridgehead atoms. The summed E-state index contributed by atoms with van der Waals surface area (Å²) in [5.74, 6) is -3.42. The van der Waals surface area contributed by atoms with E-state index in [2.05, 4.69) is 30.9 Å². The van der Waals surface area contributed by atoms with E-state index < -0.39 is 47.9 Å². The molecule has 1 heterocycles. The number of nitrogens with zero attached hydrogens (tertiary/aromatic N) is 2. The summed E-state index contributed by atoms with van der Waals surface area (Å²) < 4.78 is 0. The van der Waals surface area contributed by atoms with Crippen LogP contribution >= 0.6 is 0 Å². The lowest BCUT2D eigenvalue weighted by Crippen LogP contribution is -2.58. The lowest BCUT2D eigenvalue weighted by atomic mass is 9.97. The highest BCUT2D eigenvalue weighted by atomic mass is 16.4. The molecule has 0 aliphatic carbocycles. The lowest BCUT2D eigenvalue weighted by molar-refractivity contribution is -0.142. The fourth-order valence-corrected chi connectivity index (χ4v) is 3.10. The number of carboxylic acid groups (broad SMARTS) is 1. The van der Waals surface area contributed by atoms with Crippen LogP contribution in [0.4, 0.5) is 0 Å². The van der Waals surface area contributed by atoms with E-state index in [4.69, 9.17) is 22.3 Å². The quantitative estimate of drug-likeness (QED) is 0.0756. The normalized spacial score (nSPS) is 15.1. The number of aliphatic carboxylic acids is 1. The molecule has 0 radical (unpaired) electrons. The molecule has 0 aromatic carbocycles. The number of hydrogen-bond acceptors (Lipinski definition) is 7. The van der Waals surface area contributed by atoms with Gasteiger partial charge in [0.1, 0.15) is 18.1 Å². The van der Waals surface area contributed by atoms with Gasteiger partial charge >= 0.3 is 5.97 Å². The fraction of sp³-hybridized carbons (Fsp3) is 0.619. The maximum Gasteiger partial charge on any atom is 0.325 e. The number of guanidine groups is 1. The van der Waals surface area contributed by atoms with Gasteiger partial charge in [-0.25, -0.2) is 4.98 Å². The van der Waals surface area contributed by atoms with Crippen LogP contribution in [0.15, 0.2) is 17.5 Å². The summed E-state index contributed by atoms with van der Waals surface area (Å²) in [7, 11) is 0. The average Bonchev–Trinajstić information content (AvgIpc) is 3.31. The molecule has 35 heavy (non-hydrogen) atoms. The number of hydrogen-bond donors (Lipinski definition) is 8. The van der Waals surface area contributed by atoms with Crippen molar-refractivity contribution < 1.29 is 24.3 Å². The number of aliphatic imine (C=N–C) groups is 1. The van der Waals surface area contributed by atoms with Crippen LogP contribution in [0.3, 0.4) is 0 Å². The second-order valence-corrected chi connectivity index (χ2v) is 8.34. The Hall–Kier alpha value is -3.68. The largest absolute Gasteiger partial charge is 0.480 e. The number of carbonyl (C=O) groups is 4. The second kappa shape index (κ2) is 14.6. The SMILES string of the molecule is CCC(C)C(NC(=O)C(CCCN=C(N)N)NC(=O)C(N)Cc1cnc[nH]1)C(=O)NC(C)C(=O)O. The number of nitrogens with one attached hydrogen (secondary N) is 4. The second-order valence-electron chi connectivity index (χ2n) is 8.34. The Labute approximate surface area is 203 Å². The van der Waals surface area contributed by atoms with Crippen molar-refractivity contribution in [3.05, 3.63) is 18.2 Å². The first-order valence-electron chi connectivity index (χ1n) is 11.4. The summed E-state index contributed by atoms with van der Waals surface area (Å²) in [6.45, 7) is 5.14. The fourth-order valence-electron chi connectivity index (χ4n) is 3.10. The number of H-pyrrole nitrogens is 1. The molecule has 1 aromatic heterocycles. The molecule has 196 valence electrons. The maximum atomic E-state index is 13.1. The van der Waals surface area contributed by atoms with Crippen LogP contribution in [0.1, 0.15) is 45.7 Å². The van der Waals surface area contributed by atoms with Gasteiger partial charge in [0.15, 0.2) is 5.96 Å². The lowest BCUT2D eigenvalue weighted by Gasteiger charge is -2.27. The van der Waals surface area contributed by atoms with Crippen molar-refractivity contribution in [1.82, 2.24) is 25.9 Å². The van der Waals surface area contributed by atoms with Crippen LogP contribution in [0, 0.1) is 5.92 Å². The predicted molar refractivity (Wildman–Crippen MR) is 129 cm³/mol. The molecule has 0 saturated carbocycles. The van der Waals surface area contributed by atoms with Gasteiger partial charge in [-0.3, -0.25) is 24.2 Å². The van der Waals surface area contributed by atoms with Crippen LogP contribution < -0.4 is 33.2 Å². The highest BCUT2D eigenvalue weighted by Gasteiger charge is 2.31. The van der Waals surface area contributed by atoms with Crippen molar-refractivity contribution >= 4 is 29.7 Å². The number of carbonyl (C=O) groups excluding carboxylic acids is 3. The maximum absolute atomic E-state index is 13.1. The number of imidazole rings is 1. The van der Waals surface area contributed by atoms with E-state index in [9.17, 15) is 19.2 Å². The van der Waals surface area contributed by atoms with Gasteiger partial charge in [0, 0.05) is 24.9 Å². The van der Waals surface area contributed by atoms with Crippen molar-refractivity contribution in [2.45, 2.75) is 70.6 Å². The van der Waals surface area contributed by atoms with E-state index in [0.29, 0.717) is 18.5 Å². The van der Waals surface area contributed by atoms with E-state index in [0.717, 1.165) is 0 Å². The van der Waals surface area contributed by atoms with Crippen LogP contribution in [0.5, 0.6) is 0 Å². The molecular weight excluding hydrogens is 458 g/mol. The van der Waals surface area contributed by atoms with Gasteiger partial charge < -0.3 is 43.2 Å². The summed E-state index contributed by atoms with van der Waals surface area (Å²) >= 11 is 0. The third-order valence-electron chi connectivity index (χ3n) is 5.43. The molecule has 3 amide bonds. The molecule has 0 fully saturated rings. The van der Waals surface area contributed by atoms with Crippen molar-refractivity contribution in [2.75, 3.05) is 6.54 Å². The van der Waals surface area contributed by atoms with Crippen LogP contribution in [-0.4, -0.2) is 75.4 Å². The van der Waals surface area contributed by atoms with Gasteiger partial charge in [-0.2, -0.15) is 0 Å². The third-order valence-corrected chi connectivity index (χ3v) is 5.43. The number of aromatic nitrogens is 2. The highest BCUT2D eigenvalue weighted by Crippen LogP contribution is 2.10. The molecule has 0 spiro atoms. The van der Waals surface area contributed by atoms with E-state index in [-0.39, 0.29) is 31.3 Å². The summed E-state index contributed by atoms with van der Waals surface area (Å²) in [6.07, 6.45) is 4.26. The summed E-state index contributed by atoms with van der Waals surface area (Å²) in [4.78, 5) is 60.3. The number of amides is 3. The van der Waals surface area contributed by atoms with Crippen molar-refractivity contribution in [1.29, 1.82) is 0 Å². The molecule has 5 unspecified atom stereocenters. The van der Waals surface area contributed by atoms with E-state index in [1.165, 1.54) is 13.3 Å². The van der Waals surface area contributed by atoms with E-state index in [1.807, 2.05) is 6.92 Å². The van der Waals surface area contributed by atoms with Crippen molar-refractivity contribution in [3.63, 3.8) is 0 Å². The molecule has 1 rings (SSSR count). The summed E-state index contributed by atoms with van der Waals surface area (Å²) in [5, 5.41) is 16.7. The van der Waals surface area contributed by atoms with E-state index in [1.54, 1.807) is 13.1 Å². The topological polar surface area (TPSA) is 244 Å². The number of rotatable bonds is 15. The molecule has 14 heteroatoms. The van der Waals surface area contributed by atoms with Gasteiger partial charge in [0.2, 0.25) is 17.7 Å². The minimum absolute atomic E-state index is 0.0994. The Morgan fingerprint density at radius 2 is 1.80 bits per heavy atom. The van der Waals surface area contributed by atoms with Gasteiger partial charge in [-0.05, 0) is 25.7 Å². The molecular formula is C21H37N9O5.